The van der Waals surface area contributed by atoms with Crippen molar-refractivity contribution in [1.82, 2.24) is 0 Å². The largest absolute Gasteiger partial charge is 0.469 e. The van der Waals surface area contributed by atoms with Crippen molar-refractivity contribution in [1.29, 1.82) is 0 Å². The summed E-state index contributed by atoms with van der Waals surface area (Å²) in [5.74, 6) is 2.20. The molecule has 0 unspecified atom stereocenters. The number of ketones is 1. The molecule has 0 radical (unpaired) electrons. The van der Waals surface area contributed by atoms with E-state index in [9.17, 15) is 9.59 Å². The first-order chi connectivity index (χ1) is 13.2. The zero-order valence-electron chi connectivity index (χ0n) is 17.7. The van der Waals surface area contributed by atoms with Crippen molar-refractivity contribution >= 4 is 11.8 Å². The molecule has 0 spiro atoms. The Labute approximate surface area is 169 Å². The lowest BCUT2D eigenvalue weighted by Crippen LogP contribution is -2.50. The quantitative estimate of drug-likeness (QED) is 0.612. The first-order valence-corrected chi connectivity index (χ1v) is 10.9. The van der Waals surface area contributed by atoms with Gasteiger partial charge in [-0.3, -0.25) is 9.59 Å². The van der Waals surface area contributed by atoms with Crippen LogP contribution >= 0.6 is 0 Å². The van der Waals surface area contributed by atoms with E-state index in [-0.39, 0.29) is 16.8 Å². The Hall–Kier alpha value is -1.64. The average molecular weight is 383 g/mol. The van der Waals surface area contributed by atoms with Crippen molar-refractivity contribution in [3.8, 4) is 0 Å². The summed E-state index contributed by atoms with van der Waals surface area (Å²) in [6.07, 6.45) is 9.48. The Morgan fingerprint density at radius 1 is 1.18 bits per heavy atom. The molecule has 3 saturated carbocycles. The first kappa shape index (κ1) is 19.7. The van der Waals surface area contributed by atoms with Gasteiger partial charge in [-0.1, -0.05) is 32.6 Å². The van der Waals surface area contributed by atoms with Gasteiger partial charge in [0.2, 0.25) is 0 Å². The predicted octanol–water partition coefficient (Wildman–Crippen LogP) is 5.42. The van der Waals surface area contributed by atoms with Crippen molar-refractivity contribution in [2.24, 2.45) is 34.5 Å². The molecule has 0 heterocycles. The summed E-state index contributed by atoms with van der Waals surface area (Å²) in [4.78, 5) is 23.8. The monoisotopic (exact) mass is 382 g/mol. The highest BCUT2D eigenvalue weighted by atomic mass is 16.5. The van der Waals surface area contributed by atoms with Gasteiger partial charge in [-0.15, -0.1) is 0 Å². The van der Waals surface area contributed by atoms with Gasteiger partial charge < -0.3 is 4.74 Å². The molecule has 0 N–H and O–H groups in total. The van der Waals surface area contributed by atoms with E-state index in [1.807, 2.05) is 6.08 Å². The second-order valence-corrected chi connectivity index (χ2v) is 10.1. The number of allylic oxidation sites excluding steroid dienone is 3. The van der Waals surface area contributed by atoms with Gasteiger partial charge in [0.15, 0.2) is 5.78 Å². The van der Waals surface area contributed by atoms with Gasteiger partial charge in [-0.2, -0.15) is 0 Å². The number of hydrogen-bond acceptors (Lipinski definition) is 3. The molecule has 3 nitrogen and oxygen atoms in total. The molecule has 6 atom stereocenters. The molecule has 4 rings (SSSR count). The molecule has 0 saturated heterocycles. The Morgan fingerprint density at radius 3 is 2.64 bits per heavy atom. The van der Waals surface area contributed by atoms with E-state index in [0.717, 1.165) is 32.1 Å². The van der Waals surface area contributed by atoms with Crippen molar-refractivity contribution in [3.05, 3.63) is 36.0 Å². The Kier molecular flexibility index (Phi) is 4.71. The number of ether oxygens (including phenoxy) is 1. The van der Waals surface area contributed by atoms with E-state index in [1.54, 1.807) is 0 Å². The minimum atomic E-state index is -0.133. The Bertz CT molecular complexity index is 775. The SMILES string of the molecule is C=C1C(=C)[C@H]2[C@@H]3CCC4=CC(=O)CC[C@]4(C)[C@H]3CC[C@]2(C)[C@@H]1CCC(=O)OC. The van der Waals surface area contributed by atoms with Crippen molar-refractivity contribution < 1.29 is 14.3 Å². The number of methoxy groups -OCH3 is 1. The number of carbonyl (C=O) groups excluding carboxylic acids is 2. The third kappa shape index (κ3) is 2.69. The van der Waals surface area contributed by atoms with Gasteiger partial charge in [-0.05, 0) is 90.2 Å². The summed E-state index contributed by atoms with van der Waals surface area (Å²) in [6, 6.07) is 0. The first-order valence-electron chi connectivity index (χ1n) is 10.9. The minimum absolute atomic E-state index is 0.133. The van der Waals surface area contributed by atoms with Crippen LogP contribution in [-0.4, -0.2) is 18.9 Å². The van der Waals surface area contributed by atoms with E-state index in [0.29, 0.717) is 42.3 Å². The van der Waals surface area contributed by atoms with Crippen LogP contribution in [0.2, 0.25) is 0 Å². The lowest BCUT2D eigenvalue weighted by Gasteiger charge is -2.58. The lowest BCUT2D eigenvalue weighted by atomic mass is 9.46. The van der Waals surface area contributed by atoms with E-state index in [2.05, 4.69) is 27.0 Å². The highest BCUT2D eigenvalue weighted by molar-refractivity contribution is 5.91. The van der Waals surface area contributed by atoms with Gasteiger partial charge in [0.05, 0.1) is 7.11 Å². The van der Waals surface area contributed by atoms with Crippen LogP contribution in [0.4, 0.5) is 0 Å². The minimum Gasteiger partial charge on any atom is -0.469 e. The van der Waals surface area contributed by atoms with Gasteiger partial charge in [0.25, 0.3) is 0 Å². The molecule has 28 heavy (non-hydrogen) atoms. The van der Waals surface area contributed by atoms with Crippen LogP contribution in [0.15, 0.2) is 36.0 Å². The second kappa shape index (κ2) is 6.71. The fraction of sp³-hybridized carbons (Fsp3) is 0.680. The molecule has 0 aromatic rings. The molecule has 0 bridgehead atoms. The van der Waals surface area contributed by atoms with Crippen molar-refractivity contribution in [2.75, 3.05) is 7.11 Å². The molecular formula is C25H34O3. The zero-order chi connectivity index (χ0) is 20.3. The highest BCUT2D eigenvalue weighted by Crippen LogP contribution is 2.69. The van der Waals surface area contributed by atoms with Crippen LogP contribution < -0.4 is 0 Å². The molecule has 3 heteroatoms. The normalized spacial score (nSPS) is 42.4. The number of hydrogen-bond donors (Lipinski definition) is 0. The van der Waals surface area contributed by atoms with E-state index in [4.69, 9.17) is 4.74 Å². The van der Waals surface area contributed by atoms with Gasteiger partial charge in [-0.25, -0.2) is 0 Å². The molecule has 0 aliphatic heterocycles. The topological polar surface area (TPSA) is 43.4 Å². The molecule has 4 aliphatic carbocycles. The fourth-order valence-electron chi connectivity index (χ4n) is 7.53. The van der Waals surface area contributed by atoms with Gasteiger partial charge in [0, 0.05) is 12.8 Å². The maximum atomic E-state index is 12.0. The third-order valence-electron chi connectivity index (χ3n) is 9.04. The predicted molar refractivity (Wildman–Crippen MR) is 110 cm³/mol. The zero-order valence-corrected chi connectivity index (χ0v) is 17.7. The number of carbonyl (C=O) groups is 2. The van der Waals surface area contributed by atoms with Gasteiger partial charge in [0.1, 0.15) is 0 Å². The van der Waals surface area contributed by atoms with Crippen LogP contribution in [0, 0.1) is 34.5 Å². The van der Waals surface area contributed by atoms with Crippen LogP contribution in [-0.2, 0) is 14.3 Å². The standard InChI is InChI=1S/C25H34O3/c1-15-16(2)23-19-7-6-17-14-18(26)10-12-24(17,3)21(19)11-13-25(23,4)20(15)8-9-22(27)28-5/h14,19-21,23H,1-2,6-13H2,3-5H3/t19-,20-,21+,23+,24+,25-/m1/s1. The summed E-state index contributed by atoms with van der Waals surface area (Å²) in [6.45, 7) is 13.8. The van der Waals surface area contributed by atoms with Gasteiger partial charge >= 0.3 is 5.97 Å². The summed E-state index contributed by atoms with van der Waals surface area (Å²) >= 11 is 0. The van der Waals surface area contributed by atoms with E-state index >= 15 is 0 Å². The number of fused-ring (bicyclic) bond motifs is 5. The Morgan fingerprint density at radius 2 is 1.93 bits per heavy atom. The average Bonchev–Trinajstić information content (AvgIpc) is 2.86. The van der Waals surface area contributed by atoms with E-state index in [1.165, 1.54) is 30.2 Å². The molecular weight excluding hydrogens is 348 g/mol. The smallest absolute Gasteiger partial charge is 0.305 e. The van der Waals surface area contributed by atoms with Crippen LogP contribution in [0.25, 0.3) is 0 Å². The van der Waals surface area contributed by atoms with Crippen LogP contribution in [0.1, 0.15) is 65.2 Å². The summed E-state index contributed by atoms with van der Waals surface area (Å²) < 4.78 is 4.88. The fourth-order valence-corrected chi connectivity index (χ4v) is 7.53. The van der Waals surface area contributed by atoms with Crippen LogP contribution in [0.5, 0.6) is 0 Å². The molecule has 0 aromatic heterocycles. The van der Waals surface area contributed by atoms with Crippen LogP contribution in [0.3, 0.4) is 0 Å². The maximum absolute atomic E-state index is 12.0. The summed E-state index contributed by atoms with van der Waals surface area (Å²) in [5, 5.41) is 0. The maximum Gasteiger partial charge on any atom is 0.305 e. The second-order valence-electron chi connectivity index (χ2n) is 10.1. The molecule has 0 amide bonds. The third-order valence-corrected chi connectivity index (χ3v) is 9.04. The van der Waals surface area contributed by atoms with E-state index < -0.39 is 0 Å². The number of esters is 1. The van der Waals surface area contributed by atoms with Crippen molar-refractivity contribution in [3.63, 3.8) is 0 Å². The highest BCUT2D eigenvalue weighted by Gasteiger charge is 2.60. The summed E-state index contributed by atoms with van der Waals surface area (Å²) in [7, 11) is 1.46. The number of rotatable bonds is 3. The van der Waals surface area contributed by atoms with Crippen molar-refractivity contribution in [2.45, 2.75) is 65.2 Å². The summed E-state index contributed by atoms with van der Waals surface area (Å²) in [5.41, 5.74) is 4.12. The Balaban J connectivity index is 1.64. The lowest BCUT2D eigenvalue weighted by molar-refractivity contribution is -0.141. The molecule has 3 fully saturated rings. The molecule has 152 valence electrons. The molecule has 0 aromatic carbocycles. The molecule has 4 aliphatic rings.